The Bertz CT molecular complexity index is 393. The van der Waals surface area contributed by atoms with Crippen LogP contribution in [0.1, 0.15) is 40.0 Å². The zero-order chi connectivity index (χ0) is 19.9. The summed E-state index contributed by atoms with van der Waals surface area (Å²) in [5.74, 6) is 0. The molecule has 0 saturated heterocycles. The molecule has 152 valence electrons. The SMILES string of the molecule is CCC(C)(O[Si](C)(C)CCCN)[Si](C)(C)OC(C)[Si](C)(C)CCCN. The summed E-state index contributed by atoms with van der Waals surface area (Å²) in [6.07, 6.45) is 3.16. The monoisotopic (exact) mass is 406 g/mol. The van der Waals surface area contributed by atoms with Gasteiger partial charge in [-0.3, -0.25) is 0 Å². The Hall–Kier alpha value is 0.491. The third-order valence-electron chi connectivity index (χ3n) is 6.03. The van der Waals surface area contributed by atoms with Gasteiger partial charge in [-0.15, -0.1) is 0 Å². The predicted molar refractivity (Wildman–Crippen MR) is 120 cm³/mol. The number of hydrogen-bond donors (Lipinski definition) is 2. The molecule has 0 saturated carbocycles. The fourth-order valence-corrected chi connectivity index (χ4v) is 13.3. The Kier molecular flexibility index (Phi) is 10.3. The fourth-order valence-electron chi connectivity index (χ4n) is 3.30. The second-order valence-electron chi connectivity index (χ2n) is 9.49. The molecule has 25 heavy (non-hydrogen) atoms. The molecule has 4 nitrogen and oxygen atoms in total. The van der Waals surface area contributed by atoms with Crippen LogP contribution in [0.3, 0.4) is 0 Å². The van der Waals surface area contributed by atoms with Gasteiger partial charge in [0.05, 0.1) is 13.3 Å². The molecule has 0 fully saturated rings. The summed E-state index contributed by atoms with van der Waals surface area (Å²) in [5, 5.41) is -0.149. The predicted octanol–water partition coefficient (Wildman–Crippen LogP) is 4.47. The third kappa shape index (κ3) is 7.94. The van der Waals surface area contributed by atoms with Gasteiger partial charge in [0.2, 0.25) is 8.32 Å². The molecule has 0 aliphatic carbocycles. The van der Waals surface area contributed by atoms with Crippen molar-refractivity contribution in [3.05, 3.63) is 0 Å². The molecule has 0 aliphatic heterocycles. The Balaban J connectivity index is 5.20. The molecule has 2 atom stereocenters. The van der Waals surface area contributed by atoms with Crippen molar-refractivity contribution < 1.29 is 8.85 Å². The van der Waals surface area contributed by atoms with Gasteiger partial charge in [0.1, 0.15) is 0 Å². The molecule has 0 aliphatic rings. The van der Waals surface area contributed by atoms with Crippen LogP contribution in [0.5, 0.6) is 0 Å². The summed E-state index contributed by atoms with van der Waals surface area (Å²) in [6, 6.07) is 2.35. The lowest BCUT2D eigenvalue weighted by Gasteiger charge is -2.48. The van der Waals surface area contributed by atoms with E-state index in [0.29, 0.717) is 5.73 Å². The second-order valence-corrected chi connectivity index (χ2v) is 23.3. The maximum atomic E-state index is 6.85. The number of rotatable bonds is 13. The number of hydrogen-bond acceptors (Lipinski definition) is 4. The van der Waals surface area contributed by atoms with E-state index in [1.54, 1.807) is 0 Å². The Morgan fingerprint density at radius 3 is 1.84 bits per heavy atom. The highest BCUT2D eigenvalue weighted by Gasteiger charge is 2.49. The van der Waals surface area contributed by atoms with E-state index in [2.05, 4.69) is 60.1 Å². The van der Waals surface area contributed by atoms with Crippen molar-refractivity contribution in [3.63, 3.8) is 0 Å². The average molecular weight is 407 g/mol. The molecule has 0 aromatic heterocycles. The topological polar surface area (TPSA) is 70.5 Å². The molecule has 0 radical (unpaired) electrons. The van der Waals surface area contributed by atoms with Crippen LogP contribution in [0.4, 0.5) is 0 Å². The first kappa shape index (κ1) is 25.5. The molecule has 0 amide bonds. The molecule has 0 aromatic rings. The highest BCUT2D eigenvalue weighted by molar-refractivity contribution is 6.81. The summed E-state index contributed by atoms with van der Waals surface area (Å²) in [4.78, 5) is 0. The quantitative estimate of drug-likeness (QED) is 0.443. The molecule has 4 N–H and O–H groups in total. The summed E-state index contributed by atoms with van der Waals surface area (Å²) >= 11 is 0. The van der Waals surface area contributed by atoms with E-state index in [9.17, 15) is 0 Å². The van der Waals surface area contributed by atoms with Crippen molar-refractivity contribution in [2.24, 2.45) is 11.5 Å². The molecule has 0 rings (SSSR count). The maximum Gasteiger partial charge on any atom is 0.216 e. The molecule has 0 spiro atoms. The number of nitrogens with two attached hydrogens (primary N) is 2. The van der Waals surface area contributed by atoms with Crippen LogP contribution in [0.15, 0.2) is 0 Å². The highest BCUT2D eigenvalue weighted by atomic mass is 28.4. The van der Waals surface area contributed by atoms with E-state index in [-0.39, 0.29) is 5.22 Å². The van der Waals surface area contributed by atoms with Crippen LogP contribution in [0.2, 0.25) is 51.4 Å². The van der Waals surface area contributed by atoms with Crippen LogP contribution in [-0.4, -0.2) is 48.7 Å². The summed E-state index contributed by atoms with van der Waals surface area (Å²) in [6.45, 7) is 22.5. The van der Waals surface area contributed by atoms with Crippen LogP contribution < -0.4 is 11.5 Å². The van der Waals surface area contributed by atoms with Crippen molar-refractivity contribution in [3.8, 4) is 0 Å². The minimum atomic E-state index is -2.03. The lowest BCUT2D eigenvalue weighted by Crippen LogP contribution is -2.63. The molecule has 7 heteroatoms. The molecule has 2 unspecified atom stereocenters. The minimum absolute atomic E-state index is 0.149. The Labute approximate surface area is 160 Å². The minimum Gasteiger partial charge on any atom is -0.415 e. The first-order valence-corrected chi connectivity index (χ1v) is 19.4. The van der Waals surface area contributed by atoms with E-state index in [1.165, 1.54) is 6.04 Å². The van der Waals surface area contributed by atoms with Crippen LogP contribution in [0.25, 0.3) is 0 Å². The van der Waals surface area contributed by atoms with Gasteiger partial charge in [-0.05, 0) is 78.4 Å². The Morgan fingerprint density at radius 1 is 0.920 bits per heavy atom. The van der Waals surface area contributed by atoms with E-state index in [0.717, 1.165) is 38.4 Å². The zero-order valence-corrected chi connectivity index (χ0v) is 21.5. The van der Waals surface area contributed by atoms with Crippen LogP contribution in [0, 0.1) is 0 Å². The van der Waals surface area contributed by atoms with Gasteiger partial charge in [0.15, 0.2) is 8.32 Å². The fraction of sp³-hybridized carbons (Fsp3) is 1.00. The van der Waals surface area contributed by atoms with Crippen molar-refractivity contribution in [1.82, 2.24) is 0 Å². The normalized spacial score (nSPS) is 17.4. The first-order chi connectivity index (χ1) is 11.3. The van der Waals surface area contributed by atoms with Gasteiger partial charge in [0, 0.05) is 5.73 Å². The zero-order valence-electron chi connectivity index (χ0n) is 18.5. The van der Waals surface area contributed by atoms with Gasteiger partial charge in [-0.2, -0.15) is 0 Å². The van der Waals surface area contributed by atoms with Gasteiger partial charge >= 0.3 is 0 Å². The van der Waals surface area contributed by atoms with E-state index in [1.807, 2.05) is 0 Å². The summed E-state index contributed by atoms with van der Waals surface area (Å²) < 4.78 is 13.7. The molecular formula is C18H46N2O2Si3. The molecule has 0 heterocycles. The van der Waals surface area contributed by atoms with Crippen LogP contribution in [-0.2, 0) is 8.85 Å². The van der Waals surface area contributed by atoms with Gasteiger partial charge in [-0.1, -0.05) is 26.1 Å². The van der Waals surface area contributed by atoms with Crippen LogP contribution >= 0.6 is 0 Å². The highest BCUT2D eigenvalue weighted by Crippen LogP contribution is 2.36. The van der Waals surface area contributed by atoms with Gasteiger partial charge < -0.3 is 20.3 Å². The van der Waals surface area contributed by atoms with E-state index >= 15 is 0 Å². The largest absolute Gasteiger partial charge is 0.415 e. The smallest absolute Gasteiger partial charge is 0.216 e. The maximum absolute atomic E-state index is 6.85. The molecular weight excluding hydrogens is 360 g/mol. The summed E-state index contributed by atoms with van der Waals surface area (Å²) in [5.41, 5.74) is 11.8. The lowest BCUT2D eigenvalue weighted by molar-refractivity contribution is 0.109. The van der Waals surface area contributed by atoms with E-state index < -0.39 is 24.7 Å². The second kappa shape index (κ2) is 10.1. The third-order valence-corrected chi connectivity index (χ3v) is 16.9. The Morgan fingerprint density at radius 2 is 1.40 bits per heavy atom. The van der Waals surface area contributed by atoms with Gasteiger partial charge in [-0.25, -0.2) is 0 Å². The summed E-state index contributed by atoms with van der Waals surface area (Å²) in [7, 11) is -5.21. The standard InChI is InChI=1S/C18H46N2O2Si3/c1-10-18(3,22-24(6,7)16-12-14-20)25(8,9)21-17(2)23(4,5)15-11-13-19/h17H,10-16,19-20H2,1-9H3. The molecule has 0 aromatic carbocycles. The van der Waals surface area contributed by atoms with Crippen molar-refractivity contribution in [2.75, 3.05) is 13.1 Å². The van der Waals surface area contributed by atoms with E-state index in [4.69, 9.17) is 20.3 Å². The average Bonchev–Trinajstić information content (AvgIpc) is 2.49. The molecule has 0 bridgehead atoms. The lowest BCUT2D eigenvalue weighted by atomic mass is 10.3. The van der Waals surface area contributed by atoms with Gasteiger partial charge in [0.25, 0.3) is 0 Å². The van der Waals surface area contributed by atoms with Crippen molar-refractivity contribution in [1.29, 1.82) is 0 Å². The van der Waals surface area contributed by atoms with Crippen molar-refractivity contribution >= 4 is 24.7 Å². The van der Waals surface area contributed by atoms with Crippen molar-refractivity contribution in [2.45, 2.75) is 102 Å². The first-order valence-electron chi connectivity index (χ1n) is 10.0.